The first-order chi connectivity index (χ1) is 10.1. The van der Waals surface area contributed by atoms with Crippen LogP contribution >= 0.6 is 0 Å². The quantitative estimate of drug-likeness (QED) is 0.857. The highest BCUT2D eigenvalue weighted by Gasteiger charge is 2.19. The second kappa shape index (κ2) is 5.41. The number of pyridine rings is 1. The Labute approximate surface area is 123 Å². The summed E-state index contributed by atoms with van der Waals surface area (Å²) in [6.07, 6.45) is 3.91. The lowest BCUT2D eigenvalue weighted by molar-refractivity contribution is 0.219. The second-order valence-electron chi connectivity index (χ2n) is 5.74. The molecule has 0 saturated carbocycles. The molecule has 1 aromatic carbocycles. The van der Waals surface area contributed by atoms with Gasteiger partial charge in [0.2, 0.25) is 0 Å². The van der Waals surface area contributed by atoms with Crippen LogP contribution in [0, 0.1) is 0 Å². The van der Waals surface area contributed by atoms with Gasteiger partial charge < -0.3 is 19.9 Å². The van der Waals surface area contributed by atoms with Crippen molar-refractivity contribution >= 4 is 16.5 Å². The zero-order chi connectivity index (χ0) is 15.0. The third-order valence-corrected chi connectivity index (χ3v) is 4.36. The van der Waals surface area contributed by atoms with Crippen molar-refractivity contribution in [1.29, 1.82) is 0 Å². The Kier molecular flexibility index (Phi) is 3.59. The van der Waals surface area contributed by atoms with Crippen molar-refractivity contribution in [2.75, 3.05) is 33.0 Å². The van der Waals surface area contributed by atoms with E-state index in [1.54, 1.807) is 19.2 Å². The highest BCUT2D eigenvalue weighted by atomic mass is 16.5. The minimum absolute atomic E-state index is 0.0420. The molecule has 1 aliphatic rings. The number of nitrogens with zero attached hydrogens (tertiary/aromatic N) is 2. The minimum Gasteiger partial charge on any atom is -0.495 e. The second-order valence-corrected chi connectivity index (χ2v) is 5.74. The summed E-state index contributed by atoms with van der Waals surface area (Å²) in [6.45, 7) is 2.06. The number of aromatic nitrogens is 1. The average Bonchev–Trinajstić information content (AvgIpc) is 2.48. The maximum Gasteiger partial charge on any atom is 0.258 e. The molecule has 112 valence electrons. The Morgan fingerprint density at radius 3 is 2.67 bits per heavy atom. The molecule has 3 rings (SSSR count). The van der Waals surface area contributed by atoms with E-state index in [0.717, 1.165) is 31.3 Å². The molecule has 0 radical (unpaired) electrons. The number of benzene rings is 1. The summed E-state index contributed by atoms with van der Waals surface area (Å²) in [7, 11) is 3.68. The number of hydrogen-bond acceptors (Lipinski definition) is 4. The van der Waals surface area contributed by atoms with E-state index in [4.69, 9.17) is 10.5 Å². The molecule has 0 unspecified atom stereocenters. The molecule has 5 heteroatoms. The van der Waals surface area contributed by atoms with Crippen molar-refractivity contribution in [3.8, 4) is 5.75 Å². The van der Waals surface area contributed by atoms with Crippen molar-refractivity contribution in [3.05, 3.63) is 34.7 Å². The Bertz CT molecular complexity index is 715. The summed E-state index contributed by atoms with van der Waals surface area (Å²) in [6, 6.07) is 5.79. The Morgan fingerprint density at radius 1 is 1.29 bits per heavy atom. The van der Waals surface area contributed by atoms with Gasteiger partial charge in [0.25, 0.3) is 5.56 Å². The first kappa shape index (κ1) is 13.9. The highest BCUT2D eigenvalue weighted by molar-refractivity contribution is 5.87. The molecule has 5 nitrogen and oxygen atoms in total. The standard InChI is InChI=1S/C16H21N3O2/c1-18-6-4-12(5-7-18)19-8-3-11-9-14(17)15(21-2)10-13(11)16(19)20/h3,8-10,12H,4-7,17H2,1-2H3. The number of fused-ring (bicyclic) bond motifs is 1. The summed E-state index contributed by atoms with van der Waals surface area (Å²) in [5, 5.41) is 1.53. The van der Waals surface area contributed by atoms with Crippen LogP contribution in [0.2, 0.25) is 0 Å². The Balaban J connectivity index is 2.07. The van der Waals surface area contributed by atoms with E-state index in [2.05, 4.69) is 11.9 Å². The van der Waals surface area contributed by atoms with E-state index < -0.39 is 0 Å². The van der Waals surface area contributed by atoms with Gasteiger partial charge in [0, 0.05) is 12.2 Å². The van der Waals surface area contributed by atoms with Gasteiger partial charge in [-0.05, 0) is 56.6 Å². The van der Waals surface area contributed by atoms with Crippen LogP contribution in [-0.4, -0.2) is 36.7 Å². The number of methoxy groups -OCH3 is 1. The molecule has 0 amide bonds. The van der Waals surface area contributed by atoms with Gasteiger partial charge in [-0.3, -0.25) is 4.79 Å². The molecule has 21 heavy (non-hydrogen) atoms. The van der Waals surface area contributed by atoms with Gasteiger partial charge in [-0.2, -0.15) is 0 Å². The molecular formula is C16H21N3O2. The van der Waals surface area contributed by atoms with Crippen molar-refractivity contribution in [2.24, 2.45) is 0 Å². The maximum absolute atomic E-state index is 12.7. The normalized spacial score (nSPS) is 17.2. The fourth-order valence-corrected chi connectivity index (χ4v) is 3.04. The third kappa shape index (κ3) is 2.49. The number of ether oxygens (including phenoxy) is 1. The highest BCUT2D eigenvalue weighted by Crippen LogP contribution is 2.27. The lowest BCUT2D eigenvalue weighted by Crippen LogP contribution is -2.35. The Morgan fingerprint density at radius 2 is 2.00 bits per heavy atom. The van der Waals surface area contributed by atoms with Gasteiger partial charge in [-0.1, -0.05) is 0 Å². The first-order valence-electron chi connectivity index (χ1n) is 7.27. The molecule has 0 spiro atoms. The number of rotatable bonds is 2. The number of nitrogen functional groups attached to an aromatic ring is 1. The van der Waals surface area contributed by atoms with Crippen LogP contribution in [0.5, 0.6) is 5.75 Å². The molecule has 2 N–H and O–H groups in total. The predicted octanol–water partition coefficient (Wildman–Crippen LogP) is 1.86. The molecule has 1 aliphatic heterocycles. The van der Waals surface area contributed by atoms with Crippen LogP contribution in [0.15, 0.2) is 29.2 Å². The molecule has 1 aromatic heterocycles. The average molecular weight is 287 g/mol. The van der Waals surface area contributed by atoms with Crippen LogP contribution in [-0.2, 0) is 0 Å². The van der Waals surface area contributed by atoms with Crippen LogP contribution in [0.1, 0.15) is 18.9 Å². The summed E-state index contributed by atoms with van der Waals surface area (Å²) < 4.78 is 7.09. The number of likely N-dealkylation sites (tertiary alicyclic amines) is 1. The molecule has 0 aliphatic carbocycles. The SMILES string of the molecule is COc1cc2c(=O)n(C3CCN(C)CC3)ccc2cc1N. The molecule has 0 bridgehead atoms. The van der Waals surface area contributed by atoms with Crippen LogP contribution < -0.4 is 16.0 Å². The number of anilines is 1. The van der Waals surface area contributed by atoms with Gasteiger partial charge in [0.15, 0.2) is 0 Å². The maximum atomic E-state index is 12.7. The zero-order valence-electron chi connectivity index (χ0n) is 12.5. The number of nitrogens with two attached hydrogens (primary N) is 1. The molecule has 0 atom stereocenters. The lowest BCUT2D eigenvalue weighted by atomic mass is 10.0. The molecule has 1 fully saturated rings. The van der Waals surface area contributed by atoms with E-state index in [9.17, 15) is 4.79 Å². The van der Waals surface area contributed by atoms with Crippen molar-refractivity contribution in [3.63, 3.8) is 0 Å². The van der Waals surface area contributed by atoms with Crippen molar-refractivity contribution in [1.82, 2.24) is 9.47 Å². The first-order valence-corrected chi connectivity index (χ1v) is 7.27. The molecular weight excluding hydrogens is 266 g/mol. The van der Waals surface area contributed by atoms with Crippen molar-refractivity contribution in [2.45, 2.75) is 18.9 Å². The largest absolute Gasteiger partial charge is 0.495 e. The van der Waals surface area contributed by atoms with Crippen LogP contribution in [0.3, 0.4) is 0 Å². The fraction of sp³-hybridized carbons (Fsp3) is 0.438. The fourth-order valence-electron chi connectivity index (χ4n) is 3.04. The zero-order valence-corrected chi connectivity index (χ0v) is 12.5. The molecule has 2 heterocycles. The summed E-state index contributed by atoms with van der Waals surface area (Å²) in [4.78, 5) is 15.0. The molecule has 2 aromatic rings. The van der Waals surface area contributed by atoms with E-state index in [1.165, 1.54) is 0 Å². The van der Waals surface area contributed by atoms with Crippen LogP contribution in [0.25, 0.3) is 10.8 Å². The van der Waals surface area contributed by atoms with Crippen molar-refractivity contribution < 1.29 is 4.74 Å². The van der Waals surface area contributed by atoms with Crippen LogP contribution in [0.4, 0.5) is 5.69 Å². The smallest absolute Gasteiger partial charge is 0.258 e. The molecule has 1 saturated heterocycles. The van der Waals surface area contributed by atoms with Gasteiger partial charge in [0.05, 0.1) is 18.2 Å². The van der Waals surface area contributed by atoms with Gasteiger partial charge >= 0.3 is 0 Å². The summed E-state index contributed by atoms with van der Waals surface area (Å²) >= 11 is 0. The van der Waals surface area contributed by atoms with E-state index in [1.807, 2.05) is 16.8 Å². The van der Waals surface area contributed by atoms with Gasteiger partial charge in [-0.25, -0.2) is 0 Å². The summed E-state index contributed by atoms with van der Waals surface area (Å²) in [5.74, 6) is 0.556. The van der Waals surface area contributed by atoms with Gasteiger partial charge in [-0.15, -0.1) is 0 Å². The van der Waals surface area contributed by atoms with E-state index in [-0.39, 0.29) is 11.6 Å². The predicted molar refractivity (Wildman–Crippen MR) is 84.9 cm³/mol. The number of hydrogen-bond donors (Lipinski definition) is 1. The minimum atomic E-state index is 0.0420. The number of piperidine rings is 1. The van der Waals surface area contributed by atoms with E-state index in [0.29, 0.717) is 16.8 Å². The van der Waals surface area contributed by atoms with E-state index >= 15 is 0 Å². The van der Waals surface area contributed by atoms with Gasteiger partial charge in [0.1, 0.15) is 5.75 Å². The summed E-state index contributed by atoms with van der Waals surface area (Å²) in [5.41, 5.74) is 6.50. The monoisotopic (exact) mass is 287 g/mol. The lowest BCUT2D eigenvalue weighted by Gasteiger charge is -2.30. The topological polar surface area (TPSA) is 60.5 Å². The Hall–Kier alpha value is -2.01. The third-order valence-electron chi connectivity index (χ3n) is 4.36.